The topological polar surface area (TPSA) is 46.3 Å². The molecule has 1 unspecified atom stereocenters. The molecule has 1 saturated carbocycles. The van der Waals surface area contributed by atoms with Crippen molar-refractivity contribution >= 4 is 16.7 Å². The number of likely N-dealkylation sites (N-methyl/N-ethyl adjacent to an activating group) is 1. The molecule has 0 aromatic heterocycles. The smallest absolute Gasteiger partial charge is 0.242 e. The van der Waals surface area contributed by atoms with Crippen LogP contribution in [0.4, 0.5) is 0 Å². The molecule has 3 heteroatoms. The van der Waals surface area contributed by atoms with E-state index in [0.29, 0.717) is 12.5 Å². The minimum Gasteiger partial charge on any atom is -0.340 e. The molecule has 1 atom stereocenters. The van der Waals surface area contributed by atoms with Gasteiger partial charge in [0, 0.05) is 13.6 Å². The maximum atomic E-state index is 12.5. The van der Waals surface area contributed by atoms with Crippen molar-refractivity contribution in [2.45, 2.75) is 31.8 Å². The summed E-state index contributed by atoms with van der Waals surface area (Å²) in [5.74, 6) is 0.391. The van der Waals surface area contributed by atoms with Gasteiger partial charge in [0.2, 0.25) is 5.91 Å². The summed E-state index contributed by atoms with van der Waals surface area (Å²) in [7, 11) is 1.84. The van der Waals surface area contributed by atoms with Gasteiger partial charge in [-0.05, 0) is 48.1 Å². The van der Waals surface area contributed by atoms with Crippen LogP contribution in [-0.2, 0) is 11.3 Å². The first kappa shape index (κ1) is 14.1. The molecule has 2 aromatic rings. The Kier molecular flexibility index (Phi) is 3.46. The van der Waals surface area contributed by atoms with Crippen LogP contribution in [0, 0.1) is 5.92 Å². The van der Waals surface area contributed by atoms with Gasteiger partial charge in [0.05, 0.1) is 5.54 Å². The van der Waals surface area contributed by atoms with E-state index >= 15 is 0 Å². The number of rotatable bonds is 4. The van der Waals surface area contributed by atoms with Crippen molar-refractivity contribution in [3.8, 4) is 0 Å². The van der Waals surface area contributed by atoms with Gasteiger partial charge in [-0.25, -0.2) is 0 Å². The van der Waals surface area contributed by atoms with Gasteiger partial charge in [0.15, 0.2) is 0 Å². The van der Waals surface area contributed by atoms with Crippen molar-refractivity contribution in [2.24, 2.45) is 11.7 Å². The van der Waals surface area contributed by atoms with E-state index in [1.54, 1.807) is 4.90 Å². The van der Waals surface area contributed by atoms with Crippen LogP contribution in [0.3, 0.4) is 0 Å². The molecule has 2 aromatic carbocycles. The number of hydrogen-bond acceptors (Lipinski definition) is 2. The van der Waals surface area contributed by atoms with Crippen LogP contribution in [0.25, 0.3) is 10.8 Å². The number of carbonyl (C=O) groups excluding carboxylic acids is 1. The summed E-state index contributed by atoms with van der Waals surface area (Å²) < 4.78 is 0. The zero-order valence-electron chi connectivity index (χ0n) is 12.7. The zero-order valence-corrected chi connectivity index (χ0v) is 12.7. The summed E-state index contributed by atoms with van der Waals surface area (Å²) in [6.07, 6.45) is 2.14. The Morgan fingerprint density at radius 1 is 1.24 bits per heavy atom. The minimum absolute atomic E-state index is 0.0400. The van der Waals surface area contributed by atoms with Crippen molar-refractivity contribution in [3.63, 3.8) is 0 Å². The monoisotopic (exact) mass is 282 g/mol. The lowest BCUT2D eigenvalue weighted by molar-refractivity contribution is -0.136. The molecule has 21 heavy (non-hydrogen) atoms. The normalized spacial score (nSPS) is 17.5. The fourth-order valence-electron chi connectivity index (χ4n) is 2.95. The third-order valence-corrected chi connectivity index (χ3v) is 4.47. The lowest BCUT2D eigenvalue weighted by Crippen LogP contribution is -2.53. The number of hydrogen-bond donors (Lipinski definition) is 1. The van der Waals surface area contributed by atoms with Gasteiger partial charge in [-0.3, -0.25) is 4.79 Å². The van der Waals surface area contributed by atoms with Crippen LogP contribution in [0.5, 0.6) is 0 Å². The van der Waals surface area contributed by atoms with Crippen molar-refractivity contribution in [2.75, 3.05) is 7.05 Å². The van der Waals surface area contributed by atoms with E-state index < -0.39 is 5.54 Å². The molecule has 0 radical (unpaired) electrons. The van der Waals surface area contributed by atoms with Gasteiger partial charge < -0.3 is 10.6 Å². The van der Waals surface area contributed by atoms with Crippen LogP contribution in [0.1, 0.15) is 25.3 Å². The van der Waals surface area contributed by atoms with Gasteiger partial charge in [0.25, 0.3) is 0 Å². The first-order valence-corrected chi connectivity index (χ1v) is 7.50. The summed E-state index contributed by atoms with van der Waals surface area (Å²) in [5, 5.41) is 2.42. The second kappa shape index (κ2) is 5.15. The van der Waals surface area contributed by atoms with Crippen LogP contribution >= 0.6 is 0 Å². The predicted molar refractivity (Wildman–Crippen MR) is 85.7 cm³/mol. The second-order valence-corrected chi connectivity index (χ2v) is 6.40. The summed E-state index contributed by atoms with van der Waals surface area (Å²) in [4.78, 5) is 14.3. The highest BCUT2D eigenvalue weighted by Crippen LogP contribution is 2.39. The van der Waals surface area contributed by atoms with Crippen molar-refractivity contribution in [3.05, 3.63) is 48.0 Å². The number of fused-ring (bicyclic) bond motifs is 1. The largest absolute Gasteiger partial charge is 0.340 e. The Morgan fingerprint density at radius 3 is 2.57 bits per heavy atom. The van der Waals surface area contributed by atoms with E-state index in [0.717, 1.165) is 18.4 Å². The van der Waals surface area contributed by atoms with E-state index in [4.69, 9.17) is 5.73 Å². The summed E-state index contributed by atoms with van der Waals surface area (Å²) in [6, 6.07) is 14.6. The van der Waals surface area contributed by atoms with E-state index in [-0.39, 0.29) is 5.91 Å². The Hall–Kier alpha value is -1.87. The summed E-state index contributed by atoms with van der Waals surface area (Å²) in [6.45, 7) is 2.47. The standard InChI is InChI=1S/C18H22N2O/c1-18(19,16-9-10-16)17(21)20(2)12-13-7-8-14-5-3-4-6-15(14)11-13/h3-8,11,16H,9-10,12,19H2,1-2H3. The zero-order chi connectivity index (χ0) is 15.0. The third kappa shape index (κ3) is 2.79. The molecule has 1 fully saturated rings. The van der Waals surface area contributed by atoms with Crippen LogP contribution in [0.2, 0.25) is 0 Å². The quantitative estimate of drug-likeness (QED) is 0.937. The van der Waals surface area contributed by atoms with E-state index in [2.05, 4.69) is 30.3 Å². The van der Waals surface area contributed by atoms with E-state index in [1.165, 1.54) is 10.8 Å². The maximum absolute atomic E-state index is 12.5. The van der Waals surface area contributed by atoms with Crippen molar-refractivity contribution in [1.82, 2.24) is 4.90 Å². The van der Waals surface area contributed by atoms with Gasteiger partial charge in [-0.1, -0.05) is 36.4 Å². The lowest BCUT2D eigenvalue weighted by atomic mass is 9.95. The minimum atomic E-state index is -0.717. The molecule has 1 aliphatic rings. The molecular weight excluding hydrogens is 260 g/mol. The molecule has 0 heterocycles. The number of carbonyl (C=O) groups is 1. The van der Waals surface area contributed by atoms with Crippen molar-refractivity contribution < 1.29 is 4.79 Å². The van der Waals surface area contributed by atoms with Crippen LogP contribution in [0.15, 0.2) is 42.5 Å². The van der Waals surface area contributed by atoms with Crippen LogP contribution < -0.4 is 5.73 Å². The van der Waals surface area contributed by atoms with Gasteiger partial charge in [0.1, 0.15) is 0 Å². The number of nitrogens with two attached hydrogens (primary N) is 1. The summed E-state index contributed by atoms with van der Waals surface area (Å²) >= 11 is 0. The highest BCUT2D eigenvalue weighted by atomic mass is 16.2. The SMILES string of the molecule is CN(Cc1ccc2ccccc2c1)C(=O)C(C)(N)C1CC1. The van der Waals surface area contributed by atoms with Gasteiger partial charge in [-0.15, -0.1) is 0 Å². The first-order valence-electron chi connectivity index (χ1n) is 7.50. The average molecular weight is 282 g/mol. The van der Waals surface area contributed by atoms with Gasteiger partial charge in [-0.2, -0.15) is 0 Å². The summed E-state index contributed by atoms with van der Waals surface area (Å²) in [5.41, 5.74) is 6.64. The Balaban J connectivity index is 1.76. The number of benzene rings is 2. The predicted octanol–water partition coefficient (Wildman–Crippen LogP) is 2.93. The maximum Gasteiger partial charge on any atom is 0.242 e. The fraction of sp³-hybridized carbons (Fsp3) is 0.389. The van der Waals surface area contributed by atoms with Crippen LogP contribution in [-0.4, -0.2) is 23.4 Å². The van der Waals surface area contributed by atoms with Gasteiger partial charge >= 0.3 is 0 Å². The Bertz CT molecular complexity index is 674. The fourth-order valence-corrected chi connectivity index (χ4v) is 2.95. The van der Waals surface area contributed by atoms with E-state index in [1.807, 2.05) is 26.1 Å². The third-order valence-electron chi connectivity index (χ3n) is 4.47. The molecule has 2 N–H and O–H groups in total. The highest BCUT2D eigenvalue weighted by Gasteiger charge is 2.45. The molecule has 110 valence electrons. The molecule has 1 amide bonds. The molecule has 3 nitrogen and oxygen atoms in total. The van der Waals surface area contributed by atoms with Crippen molar-refractivity contribution in [1.29, 1.82) is 0 Å². The molecule has 0 bridgehead atoms. The van der Waals surface area contributed by atoms with E-state index in [9.17, 15) is 4.79 Å². The highest BCUT2D eigenvalue weighted by molar-refractivity contribution is 5.87. The molecule has 0 aliphatic heterocycles. The second-order valence-electron chi connectivity index (χ2n) is 6.40. The number of amides is 1. The molecule has 0 spiro atoms. The number of nitrogens with zero attached hydrogens (tertiary/aromatic N) is 1. The molecule has 3 rings (SSSR count). The Labute approximate surface area is 125 Å². The first-order chi connectivity index (χ1) is 9.98. The molecular formula is C18H22N2O. The lowest BCUT2D eigenvalue weighted by Gasteiger charge is -2.29. The average Bonchev–Trinajstić information content (AvgIpc) is 3.31. The molecule has 1 aliphatic carbocycles. The molecule has 0 saturated heterocycles. The Morgan fingerprint density at radius 2 is 1.90 bits per heavy atom.